The molecule has 1 unspecified atom stereocenters. The number of Topliss-reactive ketones (excluding diaryl/α,β-unsaturated/α-hetero) is 1. The van der Waals surface area contributed by atoms with E-state index < -0.39 is 0 Å². The predicted octanol–water partition coefficient (Wildman–Crippen LogP) is 5.08. The van der Waals surface area contributed by atoms with Crippen LogP contribution in [0.4, 0.5) is 10.1 Å². The summed E-state index contributed by atoms with van der Waals surface area (Å²) >= 11 is 1.66. The number of ketones is 1. The van der Waals surface area contributed by atoms with Crippen LogP contribution in [0.2, 0.25) is 0 Å². The van der Waals surface area contributed by atoms with Crippen LogP contribution >= 0.6 is 11.8 Å². The number of carbonyl (C=O) groups is 2. The third-order valence-corrected chi connectivity index (χ3v) is 6.02. The lowest BCUT2D eigenvalue weighted by Crippen LogP contribution is -2.40. The molecule has 4 rings (SSSR count). The zero-order chi connectivity index (χ0) is 19.0. The Balaban J connectivity index is 1.81. The number of amides is 1. The Hall–Kier alpha value is -2.40. The van der Waals surface area contributed by atoms with Crippen LogP contribution in [0, 0.1) is 5.82 Å². The SMILES string of the molecule is CSc1ccc(C2CC(=O)N(c3ccc(F)cc3)C3=C2C(=O)CCC3)cc1. The fourth-order valence-electron chi connectivity index (χ4n) is 4.00. The highest BCUT2D eigenvalue weighted by Gasteiger charge is 2.39. The van der Waals surface area contributed by atoms with Crippen molar-refractivity contribution in [3.8, 4) is 0 Å². The Labute approximate surface area is 162 Å². The molecule has 1 heterocycles. The smallest absolute Gasteiger partial charge is 0.232 e. The molecule has 138 valence electrons. The fourth-order valence-corrected chi connectivity index (χ4v) is 4.41. The fraction of sp³-hybridized carbons (Fsp3) is 0.273. The number of thioether (sulfide) groups is 1. The highest BCUT2D eigenvalue weighted by Crippen LogP contribution is 2.43. The molecule has 0 fully saturated rings. The molecule has 2 aliphatic rings. The molecule has 2 aromatic rings. The lowest BCUT2D eigenvalue weighted by Gasteiger charge is -2.38. The van der Waals surface area contributed by atoms with Crippen LogP contribution in [0.1, 0.15) is 37.2 Å². The van der Waals surface area contributed by atoms with Crippen LogP contribution in [-0.4, -0.2) is 17.9 Å². The lowest BCUT2D eigenvalue weighted by atomic mass is 9.77. The predicted molar refractivity (Wildman–Crippen MR) is 105 cm³/mol. The van der Waals surface area contributed by atoms with Crippen molar-refractivity contribution in [2.75, 3.05) is 11.2 Å². The monoisotopic (exact) mass is 381 g/mol. The van der Waals surface area contributed by atoms with Crippen LogP contribution in [0.5, 0.6) is 0 Å². The van der Waals surface area contributed by atoms with Gasteiger partial charge in [-0.15, -0.1) is 11.8 Å². The van der Waals surface area contributed by atoms with E-state index in [9.17, 15) is 14.0 Å². The van der Waals surface area contributed by atoms with E-state index >= 15 is 0 Å². The van der Waals surface area contributed by atoms with E-state index in [2.05, 4.69) is 0 Å². The zero-order valence-electron chi connectivity index (χ0n) is 15.1. The molecule has 5 heteroatoms. The first-order chi connectivity index (χ1) is 13.1. The van der Waals surface area contributed by atoms with Gasteiger partial charge in [0.2, 0.25) is 5.91 Å². The number of hydrogen-bond donors (Lipinski definition) is 0. The standard InChI is InChI=1S/C22H20FNO2S/c1-27-17-11-5-14(6-12-17)18-13-21(26)24(16-9-7-15(23)8-10-16)19-3-2-4-20(25)22(18)19/h5-12,18H,2-4,13H2,1H3. The molecule has 0 N–H and O–H groups in total. The molecule has 1 aliphatic heterocycles. The van der Waals surface area contributed by atoms with E-state index in [0.29, 0.717) is 18.5 Å². The molecule has 0 saturated heterocycles. The van der Waals surface area contributed by atoms with Crippen LogP contribution < -0.4 is 4.90 Å². The summed E-state index contributed by atoms with van der Waals surface area (Å²) in [6, 6.07) is 14.0. The second-order valence-corrected chi connectivity index (χ2v) is 7.75. The summed E-state index contributed by atoms with van der Waals surface area (Å²) in [5, 5.41) is 0. The molecule has 2 aromatic carbocycles. The second kappa shape index (κ2) is 7.31. The minimum atomic E-state index is -0.344. The summed E-state index contributed by atoms with van der Waals surface area (Å²) in [5.74, 6) is -0.472. The van der Waals surface area contributed by atoms with Crippen molar-refractivity contribution in [2.24, 2.45) is 0 Å². The van der Waals surface area contributed by atoms with Crippen LogP contribution in [0.15, 0.2) is 64.7 Å². The van der Waals surface area contributed by atoms with Gasteiger partial charge >= 0.3 is 0 Å². The van der Waals surface area contributed by atoms with E-state index in [1.807, 2.05) is 30.5 Å². The van der Waals surface area contributed by atoms with Gasteiger partial charge in [-0.05, 0) is 61.1 Å². The first kappa shape index (κ1) is 18.0. The maximum atomic E-state index is 13.3. The first-order valence-corrected chi connectivity index (χ1v) is 10.3. The number of halogens is 1. The van der Waals surface area contributed by atoms with E-state index in [4.69, 9.17) is 0 Å². The summed E-state index contributed by atoms with van der Waals surface area (Å²) < 4.78 is 13.3. The molecule has 0 saturated carbocycles. The van der Waals surface area contributed by atoms with Crippen molar-refractivity contribution in [2.45, 2.75) is 36.5 Å². The minimum absolute atomic E-state index is 0.0472. The number of carbonyl (C=O) groups excluding carboxylic acids is 2. The third kappa shape index (κ3) is 3.32. The quantitative estimate of drug-likeness (QED) is 0.696. The van der Waals surface area contributed by atoms with Gasteiger partial charge in [0.15, 0.2) is 5.78 Å². The number of hydrogen-bond acceptors (Lipinski definition) is 3. The average Bonchev–Trinajstić information content (AvgIpc) is 2.69. The van der Waals surface area contributed by atoms with Gasteiger partial charge in [-0.1, -0.05) is 12.1 Å². The van der Waals surface area contributed by atoms with Gasteiger partial charge < -0.3 is 0 Å². The van der Waals surface area contributed by atoms with Gasteiger partial charge in [-0.2, -0.15) is 0 Å². The molecule has 1 amide bonds. The third-order valence-electron chi connectivity index (χ3n) is 5.28. The molecular weight excluding hydrogens is 361 g/mol. The van der Waals surface area contributed by atoms with Gasteiger partial charge in [0.05, 0.1) is 0 Å². The van der Waals surface area contributed by atoms with Gasteiger partial charge in [-0.25, -0.2) is 4.39 Å². The minimum Gasteiger partial charge on any atom is -0.294 e. The number of rotatable bonds is 3. The van der Waals surface area contributed by atoms with Crippen molar-refractivity contribution >= 4 is 29.1 Å². The Morgan fingerprint density at radius 1 is 1.00 bits per heavy atom. The number of nitrogens with zero attached hydrogens (tertiary/aromatic N) is 1. The molecule has 0 bridgehead atoms. The highest BCUT2D eigenvalue weighted by atomic mass is 32.2. The van der Waals surface area contributed by atoms with Gasteiger partial charge in [0.1, 0.15) is 5.82 Å². The van der Waals surface area contributed by atoms with Crippen LogP contribution in [0.3, 0.4) is 0 Å². The van der Waals surface area contributed by atoms with Crippen LogP contribution in [0.25, 0.3) is 0 Å². The normalized spacial score (nSPS) is 20.1. The van der Waals surface area contributed by atoms with Crippen molar-refractivity contribution < 1.29 is 14.0 Å². The van der Waals surface area contributed by atoms with Crippen LogP contribution in [-0.2, 0) is 9.59 Å². The summed E-state index contributed by atoms with van der Waals surface area (Å²) in [6.45, 7) is 0. The number of allylic oxidation sites excluding steroid dienone is 2. The van der Waals surface area contributed by atoms with E-state index in [-0.39, 0.29) is 29.8 Å². The van der Waals surface area contributed by atoms with Gasteiger partial charge in [0.25, 0.3) is 0 Å². The Morgan fingerprint density at radius 3 is 2.37 bits per heavy atom. The van der Waals surface area contributed by atoms with Crippen molar-refractivity contribution in [1.82, 2.24) is 0 Å². The van der Waals surface area contributed by atoms with Crippen molar-refractivity contribution in [3.63, 3.8) is 0 Å². The Morgan fingerprint density at radius 2 is 1.70 bits per heavy atom. The summed E-state index contributed by atoms with van der Waals surface area (Å²) in [5.41, 5.74) is 3.16. The van der Waals surface area contributed by atoms with Gasteiger partial charge in [0, 0.05) is 40.6 Å². The molecule has 0 spiro atoms. The number of benzene rings is 2. The maximum Gasteiger partial charge on any atom is 0.232 e. The summed E-state index contributed by atoms with van der Waals surface area (Å²) in [4.78, 5) is 28.6. The zero-order valence-corrected chi connectivity index (χ0v) is 15.9. The molecule has 0 aromatic heterocycles. The topological polar surface area (TPSA) is 37.4 Å². The molecular formula is C22H20FNO2S. The molecule has 3 nitrogen and oxygen atoms in total. The molecule has 27 heavy (non-hydrogen) atoms. The maximum absolute atomic E-state index is 13.3. The van der Waals surface area contributed by atoms with Crippen molar-refractivity contribution in [3.05, 3.63) is 71.2 Å². The first-order valence-electron chi connectivity index (χ1n) is 9.07. The Bertz CT molecular complexity index is 918. The second-order valence-electron chi connectivity index (χ2n) is 6.87. The molecule has 0 radical (unpaired) electrons. The lowest BCUT2D eigenvalue weighted by molar-refractivity contribution is -0.119. The van der Waals surface area contributed by atoms with E-state index in [0.717, 1.165) is 28.1 Å². The van der Waals surface area contributed by atoms with Crippen molar-refractivity contribution in [1.29, 1.82) is 0 Å². The summed E-state index contributed by atoms with van der Waals surface area (Å²) in [6.07, 6.45) is 4.21. The molecule has 1 atom stereocenters. The van der Waals surface area contributed by atoms with E-state index in [1.165, 1.54) is 12.1 Å². The largest absolute Gasteiger partial charge is 0.294 e. The highest BCUT2D eigenvalue weighted by molar-refractivity contribution is 7.98. The molecule has 1 aliphatic carbocycles. The number of anilines is 1. The average molecular weight is 381 g/mol. The Kier molecular flexibility index (Phi) is 4.87. The van der Waals surface area contributed by atoms with Gasteiger partial charge in [-0.3, -0.25) is 14.5 Å². The summed E-state index contributed by atoms with van der Waals surface area (Å²) in [7, 11) is 0. The van der Waals surface area contributed by atoms with E-state index in [1.54, 1.807) is 28.8 Å².